The van der Waals surface area contributed by atoms with Gasteiger partial charge in [0, 0.05) is 12.6 Å². The molecule has 0 bridgehead atoms. The SMILES string of the molecule is NCC(N)[C@@H]1C[C@H]1c1ccccc1. The summed E-state index contributed by atoms with van der Waals surface area (Å²) in [7, 11) is 0. The van der Waals surface area contributed by atoms with Crippen LogP contribution in [0.2, 0.25) is 0 Å². The molecule has 0 heterocycles. The Balaban J connectivity index is 2.00. The van der Waals surface area contributed by atoms with Gasteiger partial charge in [0.25, 0.3) is 0 Å². The molecular formula is C11H16N2. The highest BCUT2D eigenvalue weighted by atomic mass is 14.8. The second-order valence-electron chi connectivity index (χ2n) is 3.82. The van der Waals surface area contributed by atoms with Gasteiger partial charge in [-0.2, -0.15) is 0 Å². The van der Waals surface area contributed by atoms with Crippen LogP contribution in [0.25, 0.3) is 0 Å². The molecule has 70 valence electrons. The minimum absolute atomic E-state index is 0.185. The third-order valence-electron chi connectivity index (χ3n) is 2.89. The van der Waals surface area contributed by atoms with Gasteiger partial charge in [-0.05, 0) is 23.8 Å². The normalized spacial score (nSPS) is 28.5. The Morgan fingerprint density at radius 2 is 2.00 bits per heavy atom. The van der Waals surface area contributed by atoms with Crippen LogP contribution in [0.3, 0.4) is 0 Å². The van der Waals surface area contributed by atoms with E-state index in [9.17, 15) is 0 Å². The molecule has 3 atom stereocenters. The monoisotopic (exact) mass is 176 g/mol. The lowest BCUT2D eigenvalue weighted by molar-refractivity contribution is 0.590. The van der Waals surface area contributed by atoms with Gasteiger partial charge >= 0.3 is 0 Å². The van der Waals surface area contributed by atoms with E-state index in [1.165, 1.54) is 12.0 Å². The lowest BCUT2D eigenvalue weighted by Crippen LogP contribution is -2.32. The van der Waals surface area contributed by atoms with Crippen molar-refractivity contribution in [2.45, 2.75) is 18.4 Å². The molecule has 1 fully saturated rings. The summed E-state index contributed by atoms with van der Waals surface area (Å²) in [6.45, 7) is 0.605. The second-order valence-corrected chi connectivity index (χ2v) is 3.82. The van der Waals surface area contributed by atoms with Gasteiger partial charge in [-0.25, -0.2) is 0 Å². The molecule has 0 spiro atoms. The molecule has 0 saturated heterocycles. The molecule has 0 aliphatic heterocycles. The molecule has 4 N–H and O–H groups in total. The van der Waals surface area contributed by atoms with Crippen LogP contribution in [-0.2, 0) is 0 Å². The molecule has 1 aromatic carbocycles. The van der Waals surface area contributed by atoms with Crippen molar-refractivity contribution >= 4 is 0 Å². The smallest absolute Gasteiger partial charge is 0.0197 e. The van der Waals surface area contributed by atoms with Crippen LogP contribution in [0.1, 0.15) is 17.9 Å². The van der Waals surface area contributed by atoms with Crippen LogP contribution in [0, 0.1) is 5.92 Å². The summed E-state index contributed by atoms with van der Waals surface area (Å²) >= 11 is 0. The topological polar surface area (TPSA) is 52.0 Å². The van der Waals surface area contributed by atoms with Crippen molar-refractivity contribution in [2.75, 3.05) is 6.54 Å². The highest BCUT2D eigenvalue weighted by Crippen LogP contribution is 2.48. The molecule has 1 unspecified atom stereocenters. The summed E-state index contributed by atoms with van der Waals surface area (Å²) in [6, 6.07) is 10.7. The van der Waals surface area contributed by atoms with Crippen molar-refractivity contribution in [3.63, 3.8) is 0 Å². The van der Waals surface area contributed by atoms with Gasteiger partial charge in [-0.15, -0.1) is 0 Å². The van der Waals surface area contributed by atoms with Crippen molar-refractivity contribution in [3.8, 4) is 0 Å². The molecule has 2 rings (SSSR count). The zero-order valence-corrected chi connectivity index (χ0v) is 7.69. The maximum Gasteiger partial charge on any atom is 0.0197 e. The summed E-state index contributed by atoms with van der Waals surface area (Å²) in [5, 5.41) is 0. The van der Waals surface area contributed by atoms with Crippen LogP contribution in [0.15, 0.2) is 30.3 Å². The van der Waals surface area contributed by atoms with E-state index < -0.39 is 0 Å². The molecule has 0 amide bonds. The fraction of sp³-hybridized carbons (Fsp3) is 0.455. The van der Waals surface area contributed by atoms with E-state index in [1.54, 1.807) is 0 Å². The van der Waals surface area contributed by atoms with Gasteiger partial charge in [-0.3, -0.25) is 0 Å². The molecule has 0 radical (unpaired) electrons. The number of hydrogen-bond donors (Lipinski definition) is 2. The third-order valence-corrected chi connectivity index (χ3v) is 2.89. The molecule has 1 saturated carbocycles. The number of rotatable bonds is 3. The fourth-order valence-electron chi connectivity index (χ4n) is 1.95. The minimum atomic E-state index is 0.185. The quantitative estimate of drug-likeness (QED) is 0.724. The second kappa shape index (κ2) is 3.48. The first-order valence-corrected chi connectivity index (χ1v) is 4.83. The number of benzene rings is 1. The Labute approximate surface area is 78.9 Å². The maximum absolute atomic E-state index is 5.88. The molecule has 0 aromatic heterocycles. The van der Waals surface area contributed by atoms with E-state index in [1.807, 2.05) is 6.07 Å². The predicted molar refractivity (Wildman–Crippen MR) is 54.3 cm³/mol. The van der Waals surface area contributed by atoms with E-state index >= 15 is 0 Å². The number of hydrogen-bond acceptors (Lipinski definition) is 2. The zero-order valence-electron chi connectivity index (χ0n) is 7.69. The predicted octanol–water partition coefficient (Wildman–Crippen LogP) is 1.08. The third kappa shape index (κ3) is 1.74. The van der Waals surface area contributed by atoms with Gasteiger partial charge in [-0.1, -0.05) is 30.3 Å². The summed E-state index contributed by atoms with van der Waals surface area (Å²) < 4.78 is 0. The van der Waals surface area contributed by atoms with Crippen LogP contribution in [-0.4, -0.2) is 12.6 Å². The summed E-state index contributed by atoms with van der Waals surface area (Å²) in [4.78, 5) is 0. The average Bonchev–Trinajstić information content (AvgIpc) is 2.98. The molecular weight excluding hydrogens is 160 g/mol. The Bertz CT molecular complexity index is 271. The van der Waals surface area contributed by atoms with Crippen molar-refractivity contribution in [2.24, 2.45) is 17.4 Å². The van der Waals surface area contributed by atoms with E-state index in [2.05, 4.69) is 24.3 Å². The molecule has 2 nitrogen and oxygen atoms in total. The first-order chi connectivity index (χ1) is 6.33. The standard InChI is InChI=1S/C11H16N2/c12-7-11(13)10-6-9(10)8-4-2-1-3-5-8/h1-5,9-11H,6-7,12-13H2/t9-,10+,11?/m0/s1. The van der Waals surface area contributed by atoms with Crippen LogP contribution < -0.4 is 11.5 Å². The highest BCUT2D eigenvalue weighted by molar-refractivity contribution is 5.26. The van der Waals surface area contributed by atoms with Crippen molar-refractivity contribution < 1.29 is 0 Å². The van der Waals surface area contributed by atoms with Crippen LogP contribution in [0.5, 0.6) is 0 Å². The molecule has 1 aliphatic rings. The first-order valence-electron chi connectivity index (χ1n) is 4.83. The summed E-state index contributed by atoms with van der Waals surface area (Å²) in [5.41, 5.74) is 12.8. The van der Waals surface area contributed by atoms with Crippen molar-refractivity contribution in [3.05, 3.63) is 35.9 Å². The lowest BCUT2D eigenvalue weighted by Gasteiger charge is -2.07. The molecule has 1 aliphatic carbocycles. The van der Waals surface area contributed by atoms with Gasteiger partial charge in [0.15, 0.2) is 0 Å². The van der Waals surface area contributed by atoms with E-state index in [0.717, 1.165) is 0 Å². The van der Waals surface area contributed by atoms with E-state index in [-0.39, 0.29) is 6.04 Å². The minimum Gasteiger partial charge on any atom is -0.329 e. The van der Waals surface area contributed by atoms with Crippen molar-refractivity contribution in [1.29, 1.82) is 0 Å². The Morgan fingerprint density at radius 1 is 1.31 bits per heavy atom. The fourth-order valence-corrected chi connectivity index (χ4v) is 1.95. The van der Waals surface area contributed by atoms with Crippen LogP contribution in [0.4, 0.5) is 0 Å². The molecule has 13 heavy (non-hydrogen) atoms. The number of nitrogens with two attached hydrogens (primary N) is 2. The van der Waals surface area contributed by atoms with Gasteiger partial charge in [0.05, 0.1) is 0 Å². The Morgan fingerprint density at radius 3 is 2.62 bits per heavy atom. The lowest BCUT2D eigenvalue weighted by atomic mass is 10.1. The summed E-state index contributed by atoms with van der Waals surface area (Å²) in [6.07, 6.45) is 1.21. The summed E-state index contributed by atoms with van der Waals surface area (Å²) in [5.74, 6) is 1.28. The van der Waals surface area contributed by atoms with Gasteiger partial charge in [0.1, 0.15) is 0 Å². The van der Waals surface area contributed by atoms with Gasteiger partial charge in [0.2, 0.25) is 0 Å². The van der Waals surface area contributed by atoms with Gasteiger partial charge < -0.3 is 11.5 Å². The largest absolute Gasteiger partial charge is 0.329 e. The van der Waals surface area contributed by atoms with Crippen LogP contribution >= 0.6 is 0 Å². The van der Waals surface area contributed by atoms with E-state index in [4.69, 9.17) is 11.5 Å². The van der Waals surface area contributed by atoms with Crippen molar-refractivity contribution in [1.82, 2.24) is 0 Å². The first kappa shape index (κ1) is 8.73. The average molecular weight is 176 g/mol. The Kier molecular flexibility index (Phi) is 2.34. The molecule has 1 aromatic rings. The van der Waals surface area contributed by atoms with E-state index in [0.29, 0.717) is 18.4 Å². The highest BCUT2D eigenvalue weighted by Gasteiger charge is 2.41. The Hall–Kier alpha value is -0.860. The maximum atomic E-state index is 5.88. The zero-order chi connectivity index (χ0) is 9.26. The molecule has 2 heteroatoms.